The number of amides is 3. The summed E-state index contributed by atoms with van der Waals surface area (Å²) in [5, 5.41) is 9.07. The summed E-state index contributed by atoms with van der Waals surface area (Å²) in [4.78, 5) is 26.3. The number of nitrogens with zero attached hydrogens (tertiary/aromatic N) is 1. The van der Waals surface area contributed by atoms with Gasteiger partial charge in [0.1, 0.15) is 0 Å². The largest absolute Gasteiger partial charge is 0.326 e. The topological polar surface area (TPSA) is 73.5 Å². The van der Waals surface area contributed by atoms with E-state index in [9.17, 15) is 9.59 Å². The SMILES string of the molecule is O=C(Nc1ccc(NC(=O)N2CCCCCC2)cc1)C1CCNC1. The van der Waals surface area contributed by atoms with Crippen LogP contribution in [-0.4, -0.2) is 43.0 Å². The predicted molar refractivity (Wildman–Crippen MR) is 95.1 cm³/mol. The van der Waals surface area contributed by atoms with Crippen LogP contribution in [0, 0.1) is 5.92 Å². The summed E-state index contributed by atoms with van der Waals surface area (Å²) < 4.78 is 0. The Morgan fingerprint density at radius 1 is 0.958 bits per heavy atom. The van der Waals surface area contributed by atoms with Crippen LogP contribution in [0.5, 0.6) is 0 Å². The van der Waals surface area contributed by atoms with E-state index in [1.807, 2.05) is 29.2 Å². The Kier molecular flexibility index (Phi) is 5.69. The number of rotatable bonds is 3. The lowest BCUT2D eigenvalue weighted by Crippen LogP contribution is -2.35. The summed E-state index contributed by atoms with van der Waals surface area (Å²) in [7, 11) is 0. The molecule has 2 aliphatic heterocycles. The number of urea groups is 1. The number of likely N-dealkylation sites (tertiary alicyclic amines) is 1. The zero-order valence-corrected chi connectivity index (χ0v) is 14.0. The smallest absolute Gasteiger partial charge is 0.321 e. The third kappa shape index (κ3) is 4.47. The minimum Gasteiger partial charge on any atom is -0.326 e. The highest BCUT2D eigenvalue weighted by atomic mass is 16.2. The summed E-state index contributed by atoms with van der Waals surface area (Å²) in [5.74, 6) is 0.105. The van der Waals surface area contributed by atoms with Gasteiger partial charge in [0, 0.05) is 31.0 Å². The van der Waals surface area contributed by atoms with Crippen LogP contribution in [0.15, 0.2) is 24.3 Å². The van der Waals surface area contributed by atoms with Gasteiger partial charge in [0.05, 0.1) is 5.92 Å². The van der Waals surface area contributed by atoms with E-state index in [1.165, 1.54) is 12.8 Å². The highest BCUT2D eigenvalue weighted by Crippen LogP contribution is 2.17. The molecule has 2 aliphatic rings. The summed E-state index contributed by atoms with van der Waals surface area (Å²) in [6, 6.07) is 7.29. The van der Waals surface area contributed by atoms with Crippen molar-refractivity contribution in [2.75, 3.05) is 36.8 Å². The van der Waals surface area contributed by atoms with Crippen LogP contribution in [0.4, 0.5) is 16.2 Å². The molecule has 1 aromatic carbocycles. The number of anilines is 2. The molecule has 3 rings (SSSR count). The van der Waals surface area contributed by atoms with Crippen molar-refractivity contribution in [1.29, 1.82) is 0 Å². The lowest BCUT2D eigenvalue weighted by molar-refractivity contribution is -0.119. The zero-order chi connectivity index (χ0) is 16.8. The Hall–Kier alpha value is -2.08. The molecule has 6 nitrogen and oxygen atoms in total. The second kappa shape index (κ2) is 8.15. The fraction of sp³-hybridized carbons (Fsp3) is 0.556. The first-order chi connectivity index (χ1) is 11.7. The number of hydrogen-bond acceptors (Lipinski definition) is 3. The molecule has 2 saturated heterocycles. The van der Waals surface area contributed by atoms with E-state index >= 15 is 0 Å². The zero-order valence-electron chi connectivity index (χ0n) is 14.0. The first-order valence-electron chi connectivity index (χ1n) is 8.90. The maximum absolute atomic E-state index is 12.3. The van der Waals surface area contributed by atoms with Gasteiger partial charge in [-0.1, -0.05) is 12.8 Å². The fourth-order valence-electron chi connectivity index (χ4n) is 3.24. The van der Waals surface area contributed by atoms with Crippen molar-refractivity contribution in [1.82, 2.24) is 10.2 Å². The second-order valence-electron chi connectivity index (χ2n) is 6.59. The normalized spacial score (nSPS) is 21.2. The standard InChI is InChI=1S/C18H26N4O2/c23-17(14-9-10-19-13-14)20-15-5-7-16(8-6-15)21-18(24)22-11-3-1-2-4-12-22/h5-8,14,19H,1-4,9-13H2,(H,20,23)(H,21,24). The number of benzene rings is 1. The van der Waals surface area contributed by atoms with Crippen molar-refractivity contribution in [3.05, 3.63) is 24.3 Å². The molecule has 2 fully saturated rings. The van der Waals surface area contributed by atoms with Gasteiger partial charge in [-0.15, -0.1) is 0 Å². The van der Waals surface area contributed by atoms with Crippen LogP contribution < -0.4 is 16.0 Å². The molecule has 0 aliphatic carbocycles. The van der Waals surface area contributed by atoms with Crippen LogP contribution in [0.1, 0.15) is 32.1 Å². The summed E-state index contributed by atoms with van der Waals surface area (Å²) in [6.45, 7) is 3.31. The number of hydrogen-bond donors (Lipinski definition) is 3. The van der Waals surface area contributed by atoms with Gasteiger partial charge in [0.15, 0.2) is 0 Å². The molecule has 6 heteroatoms. The number of nitrogens with one attached hydrogen (secondary N) is 3. The van der Waals surface area contributed by atoms with E-state index in [1.54, 1.807) is 0 Å². The van der Waals surface area contributed by atoms with Gasteiger partial charge in [-0.05, 0) is 50.1 Å². The van der Waals surface area contributed by atoms with Crippen LogP contribution in [0.2, 0.25) is 0 Å². The molecule has 3 N–H and O–H groups in total. The molecule has 0 radical (unpaired) electrons. The Labute approximate surface area is 143 Å². The summed E-state index contributed by atoms with van der Waals surface area (Å²) in [5.41, 5.74) is 1.52. The minimum absolute atomic E-state index is 0.0364. The van der Waals surface area contributed by atoms with E-state index < -0.39 is 0 Å². The molecular weight excluding hydrogens is 304 g/mol. The Balaban J connectivity index is 1.52. The maximum atomic E-state index is 12.3. The van der Waals surface area contributed by atoms with Crippen LogP contribution in [0.3, 0.4) is 0 Å². The molecule has 1 atom stereocenters. The fourth-order valence-corrected chi connectivity index (χ4v) is 3.24. The highest BCUT2D eigenvalue weighted by Gasteiger charge is 2.22. The Morgan fingerprint density at radius 2 is 1.58 bits per heavy atom. The van der Waals surface area contributed by atoms with E-state index in [2.05, 4.69) is 16.0 Å². The molecule has 130 valence electrons. The second-order valence-corrected chi connectivity index (χ2v) is 6.59. The molecule has 3 amide bonds. The molecule has 24 heavy (non-hydrogen) atoms. The van der Waals surface area contributed by atoms with Gasteiger partial charge in [0.25, 0.3) is 0 Å². The van der Waals surface area contributed by atoms with Gasteiger partial charge < -0.3 is 20.9 Å². The molecule has 1 aromatic rings. The first kappa shape index (κ1) is 16.8. The third-order valence-electron chi connectivity index (χ3n) is 4.73. The molecule has 0 spiro atoms. The van der Waals surface area contributed by atoms with E-state index in [-0.39, 0.29) is 17.9 Å². The number of carbonyl (C=O) groups excluding carboxylic acids is 2. The van der Waals surface area contributed by atoms with Gasteiger partial charge >= 0.3 is 6.03 Å². The molecular formula is C18H26N4O2. The monoisotopic (exact) mass is 330 g/mol. The average molecular weight is 330 g/mol. The molecule has 0 aromatic heterocycles. The maximum Gasteiger partial charge on any atom is 0.321 e. The van der Waals surface area contributed by atoms with Gasteiger partial charge in [-0.25, -0.2) is 4.79 Å². The Morgan fingerprint density at radius 3 is 2.17 bits per heavy atom. The van der Waals surface area contributed by atoms with Crippen molar-refractivity contribution in [2.24, 2.45) is 5.92 Å². The van der Waals surface area contributed by atoms with E-state index in [0.717, 1.165) is 56.8 Å². The minimum atomic E-state index is -0.0364. The molecule has 1 unspecified atom stereocenters. The van der Waals surface area contributed by atoms with Crippen molar-refractivity contribution in [3.8, 4) is 0 Å². The number of carbonyl (C=O) groups is 2. The molecule has 2 heterocycles. The average Bonchev–Trinajstić information content (AvgIpc) is 2.99. The van der Waals surface area contributed by atoms with Crippen molar-refractivity contribution >= 4 is 23.3 Å². The van der Waals surface area contributed by atoms with Crippen molar-refractivity contribution in [3.63, 3.8) is 0 Å². The quantitative estimate of drug-likeness (QED) is 0.798. The van der Waals surface area contributed by atoms with Crippen LogP contribution in [0.25, 0.3) is 0 Å². The summed E-state index contributed by atoms with van der Waals surface area (Å²) >= 11 is 0. The summed E-state index contributed by atoms with van der Waals surface area (Å²) in [6.07, 6.45) is 5.45. The Bertz CT molecular complexity index is 559. The van der Waals surface area contributed by atoms with Gasteiger partial charge in [-0.3, -0.25) is 4.79 Å². The lowest BCUT2D eigenvalue weighted by Gasteiger charge is -2.20. The van der Waals surface area contributed by atoms with Crippen LogP contribution in [-0.2, 0) is 4.79 Å². The first-order valence-corrected chi connectivity index (χ1v) is 8.90. The van der Waals surface area contributed by atoms with E-state index in [4.69, 9.17) is 0 Å². The van der Waals surface area contributed by atoms with Gasteiger partial charge in [-0.2, -0.15) is 0 Å². The third-order valence-corrected chi connectivity index (χ3v) is 4.73. The molecule has 0 bridgehead atoms. The molecule has 0 saturated carbocycles. The predicted octanol–water partition coefficient (Wildman–Crippen LogP) is 2.64. The highest BCUT2D eigenvalue weighted by molar-refractivity contribution is 5.94. The lowest BCUT2D eigenvalue weighted by atomic mass is 10.1. The van der Waals surface area contributed by atoms with Crippen molar-refractivity contribution < 1.29 is 9.59 Å². The van der Waals surface area contributed by atoms with Crippen molar-refractivity contribution in [2.45, 2.75) is 32.1 Å². The van der Waals surface area contributed by atoms with Gasteiger partial charge in [0.2, 0.25) is 5.91 Å². The van der Waals surface area contributed by atoms with Crippen LogP contribution >= 0.6 is 0 Å². The van der Waals surface area contributed by atoms with E-state index in [0.29, 0.717) is 0 Å².